The van der Waals surface area contributed by atoms with Crippen molar-refractivity contribution in [3.8, 4) is 89.0 Å². The molecule has 0 radical (unpaired) electrons. The Morgan fingerprint density at radius 1 is 0.273 bits per heavy atom. The molecule has 1 unspecified atom stereocenters. The summed E-state index contributed by atoms with van der Waals surface area (Å²) < 4.78 is 95.7. The van der Waals surface area contributed by atoms with E-state index >= 15 is 0 Å². The van der Waals surface area contributed by atoms with Crippen LogP contribution < -0.4 is 26.2 Å². The normalized spacial score (nSPS) is 15.5. The highest BCUT2D eigenvalue weighted by molar-refractivity contribution is 7.00. The van der Waals surface area contributed by atoms with Crippen molar-refractivity contribution >= 4 is 68.0 Å². The maximum Gasteiger partial charge on any atom is 0.252 e. The Morgan fingerprint density at radius 3 is 1.19 bits per heavy atom. The Morgan fingerprint density at radius 2 is 0.682 bits per heavy atom. The van der Waals surface area contributed by atoms with Crippen LogP contribution in [0.1, 0.15) is 115 Å². The van der Waals surface area contributed by atoms with E-state index in [4.69, 9.17) is 1.37 Å². The molecule has 1 aliphatic carbocycles. The van der Waals surface area contributed by atoms with Gasteiger partial charge in [-0.05, 0) is 204 Å². The zero-order valence-corrected chi connectivity index (χ0v) is 63.3. The van der Waals surface area contributed by atoms with Gasteiger partial charge in [-0.1, -0.05) is 371 Å². The Kier molecular flexibility index (Phi) is 13.8. The molecule has 2 nitrogen and oxygen atoms in total. The van der Waals surface area contributed by atoms with E-state index in [9.17, 15) is 12.3 Å². The Labute approximate surface area is 663 Å². The Hall–Kier alpha value is -12.6. The molecule has 16 aromatic carbocycles. The topological polar surface area (TPSA) is 6.48 Å². The lowest BCUT2D eigenvalue weighted by molar-refractivity contribution is 0.587. The van der Waals surface area contributed by atoms with Gasteiger partial charge >= 0.3 is 0 Å². The fraction of sp³-hybridized carbons (Fsp3) is 0.121. The molecule has 19 rings (SSSR count). The van der Waals surface area contributed by atoms with Crippen LogP contribution in [0.2, 0.25) is 0 Å². The average molecular weight is 1420 g/mol. The van der Waals surface area contributed by atoms with Gasteiger partial charge in [0, 0.05) is 45.0 Å². The van der Waals surface area contributed by atoms with Crippen molar-refractivity contribution in [3.63, 3.8) is 0 Å². The maximum atomic E-state index is 10.2. The van der Waals surface area contributed by atoms with E-state index in [0.29, 0.717) is 28.2 Å². The standard InChI is InChI=1S/C107H87BN2/c1-104(2,3)81-48-32-49-82(65-81)107(83-57-54-72-38-28-29-47-77(72)60-83)93-53-31-30-50-87(93)88-52-33-51-86(100(88)107)79-56-59-95-97(62-79)110(103-91(75-43-24-14-25-44-75)68-85(106(7,8)9)69-92(103)76-45-26-15-27-46-76)99-64-80(71-36-18-11-19-37-71)63-98-101(99)108(95)94-58-55-78(70-34-16-10-17-35-70)61-96(94)109(98)102-89(73-39-20-12-21-40-73)66-84(105(4,5)6)67-90(102)74-41-22-13-23-42-74/h10-69H,1-9H3/i10D,11D,16D,17D,18D,19D,34D,35D,36D,37D. The average Bonchev–Trinajstić information content (AvgIpc) is 0.940. The molecule has 0 saturated carbocycles. The lowest BCUT2D eigenvalue weighted by atomic mass is 9.33. The molecule has 0 saturated heterocycles. The summed E-state index contributed by atoms with van der Waals surface area (Å²) in [5, 5.41) is 2.26. The lowest BCUT2D eigenvalue weighted by Crippen LogP contribution is -2.61. The van der Waals surface area contributed by atoms with E-state index in [1.54, 1.807) is 0 Å². The first-order valence-electron chi connectivity index (χ1n) is 43.2. The minimum absolute atomic E-state index is 0.000933. The molecule has 0 N–H and O–H groups in total. The molecule has 0 aromatic heterocycles. The number of fused-ring (bicyclic) bond motifs is 8. The monoisotopic (exact) mass is 1420 g/mol. The lowest BCUT2D eigenvalue weighted by Gasteiger charge is -2.46. The molecule has 1 atom stereocenters. The highest BCUT2D eigenvalue weighted by atomic mass is 15.2. The van der Waals surface area contributed by atoms with Crippen LogP contribution in [0.3, 0.4) is 0 Å². The SMILES string of the molecule is [2H]c1c([2H])c([2H])c(-c2ccc3c(c2)N(c2c(-c4ccccc4)cc(C(C)(C)C)cc2-c2ccccc2)c2cc(-c4c([2H])c([2H])c([2H])c([2H])c4[2H])cc4c2B3c2ccc(-c3cccc5c3C(c3cccc(C(C)(C)C)c3)(c3ccc6ccccc6c3)c3ccccc3-5)cc2N4c2c(-c3ccccc3)cc(C(C)(C)C)cc2-c2ccccc2)c([2H])c1[2H]. The van der Waals surface area contributed by atoms with Crippen LogP contribution in [0.25, 0.3) is 99.8 Å². The first-order valence-corrected chi connectivity index (χ1v) is 38.2. The van der Waals surface area contributed by atoms with Crippen LogP contribution in [0.15, 0.2) is 364 Å². The zero-order valence-electron chi connectivity index (χ0n) is 73.3. The third-order valence-corrected chi connectivity index (χ3v) is 23.1. The van der Waals surface area contributed by atoms with Gasteiger partial charge in [0.05, 0.1) is 30.5 Å². The van der Waals surface area contributed by atoms with Crippen LogP contribution in [-0.4, -0.2) is 6.71 Å². The summed E-state index contributed by atoms with van der Waals surface area (Å²) in [6.07, 6.45) is 0. The van der Waals surface area contributed by atoms with E-state index in [0.717, 1.165) is 139 Å². The predicted molar refractivity (Wildman–Crippen MR) is 469 cm³/mol. The summed E-state index contributed by atoms with van der Waals surface area (Å²) in [5.74, 6) is 0. The molecule has 0 bridgehead atoms. The van der Waals surface area contributed by atoms with Gasteiger partial charge in [0.15, 0.2) is 0 Å². The Bertz CT molecular complexity index is 6750. The number of hydrogen-bond donors (Lipinski definition) is 0. The molecule has 16 aromatic rings. The third-order valence-electron chi connectivity index (χ3n) is 23.1. The summed E-state index contributed by atoms with van der Waals surface area (Å²) in [6.45, 7) is 19.6. The van der Waals surface area contributed by atoms with Crippen molar-refractivity contribution in [2.45, 2.75) is 84.0 Å². The number of benzene rings is 16. The van der Waals surface area contributed by atoms with Gasteiger partial charge in [-0.3, -0.25) is 0 Å². The fourth-order valence-corrected chi connectivity index (χ4v) is 17.7. The molecule has 110 heavy (non-hydrogen) atoms. The van der Waals surface area contributed by atoms with E-state index in [1.807, 2.05) is 66.7 Å². The second-order valence-electron chi connectivity index (χ2n) is 32.8. The summed E-state index contributed by atoms with van der Waals surface area (Å²) in [6, 6.07) is 104. The highest BCUT2D eigenvalue weighted by Crippen LogP contribution is 2.61. The van der Waals surface area contributed by atoms with E-state index in [1.165, 1.54) is 11.1 Å². The van der Waals surface area contributed by atoms with E-state index < -0.39 is 53.8 Å². The van der Waals surface area contributed by atoms with Gasteiger partial charge in [-0.25, -0.2) is 0 Å². The van der Waals surface area contributed by atoms with Crippen LogP contribution in [0, 0.1) is 0 Å². The Balaban J connectivity index is 1.02. The molecule has 3 aliphatic rings. The van der Waals surface area contributed by atoms with Crippen LogP contribution in [0.4, 0.5) is 34.1 Å². The minimum Gasteiger partial charge on any atom is -0.310 e. The van der Waals surface area contributed by atoms with Crippen LogP contribution >= 0.6 is 0 Å². The van der Waals surface area contributed by atoms with E-state index in [-0.39, 0.29) is 46.1 Å². The number of hydrogen-bond acceptors (Lipinski definition) is 2. The largest absolute Gasteiger partial charge is 0.310 e. The van der Waals surface area contributed by atoms with Gasteiger partial charge in [-0.15, -0.1) is 0 Å². The van der Waals surface area contributed by atoms with Gasteiger partial charge in [0.25, 0.3) is 6.71 Å². The van der Waals surface area contributed by atoms with Crippen LogP contribution in [-0.2, 0) is 21.7 Å². The first-order chi connectivity index (χ1) is 57.6. The smallest absolute Gasteiger partial charge is 0.252 e. The highest BCUT2D eigenvalue weighted by Gasteiger charge is 2.50. The van der Waals surface area contributed by atoms with Crippen molar-refractivity contribution < 1.29 is 13.7 Å². The maximum absolute atomic E-state index is 10.2. The molecule has 2 aliphatic heterocycles. The van der Waals surface area contributed by atoms with Gasteiger partial charge in [0.1, 0.15) is 0 Å². The van der Waals surface area contributed by atoms with Crippen molar-refractivity contribution in [3.05, 3.63) is 403 Å². The number of nitrogens with zero attached hydrogens (tertiary/aromatic N) is 2. The molecule has 0 amide bonds. The second-order valence-corrected chi connectivity index (χ2v) is 32.8. The minimum atomic E-state index is -0.903. The molecular weight excluding hydrogens is 1320 g/mol. The van der Waals surface area contributed by atoms with Crippen molar-refractivity contribution in [1.82, 2.24) is 0 Å². The first kappa shape index (κ1) is 57.6. The van der Waals surface area contributed by atoms with Gasteiger partial charge < -0.3 is 9.80 Å². The molecule has 528 valence electrons. The molecule has 0 spiro atoms. The molecule has 2 heterocycles. The summed E-state index contributed by atoms with van der Waals surface area (Å²) in [5.41, 5.74) is 25.1. The molecule has 0 fully saturated rings. The third kappa shape index (κ3) is 11.3. The van der Waals surface area contributed by atoms with Crippen LogP contribution in [0.5, 0.6) is 0 Å². The predicted octanol–water partition coefficient (Wildman–Crippen LogP) is 26.8. The fourth-order valence-electron chi connectivity index (χ4n) is 17.7. The van der Waals surface area contributed by atoms with E-state index in [2.05, 4.69) is 309 Å². The molecular formula is C107H87BN2. The summed E-state index contributed by atoms with van der Waals surface area (Å²) >= 11 is 0. The summed E-state index contributed by atoms with van der Waals surface area (Å²) in [7, 11) is 0. The molecule has 3 heteroatoms. The van der Waals surface area contributed by atoms with Crippen molar-refractivity contribution in [2.75, 3.05) is 9.80 Å². The van der Waals surface area contributed by atoms with Crippen molar-refractivity contribution in [1.29, 1.82) is 0 Å². The van der Waals surface area contributed by atoms with Crippen molar-refractivity contribution in [2.24, 2.45) is 0 Å². The number of rotatable bonds is 11. The second kappa shape index (κ2) is 26.4. The number of anilines is 6. The zero-order chi connectivity index (χ0) is 83.5. The summed E-state index contributed by atoms with van der Waals surface area (Å²) in [4.78, 5) is 4.72. The van der Waals surface area contributed by atoms with Gasteiger partial charge in [-0.2, -0.15) is 0 Å². The van der Waals surface area contributed by atoms with Gasteiger partial charge in [0.2, 0.25) is 0 Å². The quantitative estimate of drug-likeness (QED) is 0.119.